The lowest BCUT2D eigenvalue weighted by Crippen LogP contribution is -1.96. The summed E-state index contributed by atoms with van der Waals surface area (Å²) in [5.74, 6) is 0.352. The van der Waals surface area contributed by atoms with Crippen LogP contribution in [-0.2, 0) is 7.05 Å². The highest BCUT2D eigenvalue weighted by atomic mass is 35.5. The fraction of sp³-hybridized carbons (Fsp3) is 0.0714. The van der Waals surface area contributed by atoms with Crippen molar-refractivity contribution < 1.29 is 4.39 Å². The van der Waals surface area contributed by atoms with E-state index in [2.05, 4.69) is 15.2 Å². The van der Waals surface area contributed by atoms with Crippen molar-refractivity contribution in [2.45, 2.75) is 0 Å². The van der Waals surface area contributed by atoms with Gasteiger partial charge in [-0.05, 0) is 30.3 Å². The SMILES string of the molecule is Cn1ccnc1-c1ccc(-c2ccc(F)cc2Cl)nn1. The zero-order valence-electron chi connectivity index (χ0n) is 10.6. The molecule has 0 N–H and O–H groups in total. The summed E-state index contributed by atoms with van der Waals surface area (Å²) in [6, 6.07) is 7.78. The maximum Gasteiger partial charge on any atom is 0.160 e. The molecule has 0 unspecified atom stereocenters. The predicted molar refractivity (Wildman–Crippen MR) is 74.6 cm³/mol. The fourth-order valence-corrected chi connectivity index (χ4v) is 2.17. The Morgan fingerprint density at radius 1 is 1.10 bits per heavy atom. The molecule has 0 saturated heterocycles. The molecule has 3 aromatic rings. The van der Waals surface area contributed by atoms with Gasteiger partial charge in [0.1, 0.15) is 11.5 Å². The van der Waals surface area contributed by atoms with Gasteiger partial charge in [0.25, 0.3) is 0 Å². The molecule has 0 aliphatic rings. The van der Waals surface area contributed by atoms with Crippen LogP contribution in [0.1, 0.15) is 0 Å². The average molecular weight is 289 g/mol. The van der Waals surface area contributed by atoms with E-state index in [4.69, 9.17) is 11.6 Å². The number of hydrogen-bond acceptors (Lipinski definition) is 3. The summed E-state index contributed by atoms with van der Waals surface area (Å²) < 4.78 is 14.9. The van der Waals surface area contributed by atoms with Gasteiger partial charge in [-0.1, -0.05) is 11.6 Å². The molecular formula is C14H10ClFN4. The molecule has 3 rings (SSSR count). The molecule has 0 atom stereocenters. The lowest BCUT2D eigenvalue weighted by atomic mass is 10.1. The Morgan fingerprint density at radius 3 is 2.45 bits per heavy atom. The molecule has 2 heterocycles. The van der Waals surface area contributed by atoms with Crippen LogP contribution in [0.2, 0.25) is 5.02 Å². The van der Waals surface area contributed by atoms with Crippen molar-refractivity contribution in [1.82, 2.24) is 19.7 Å². The number of aromatic nitrogens is 4. The molecule has 0 amide bonds. The molecule has 0 radical (unpaired) electrons. The normalized spacial score (nSPS) is 10.8. The van der Waals surface area contributed by atoms with E-state index in [-0.39, 0.29) is 5.82 Å². The Kier molecular flexibility index (Phi) is 3.20. The number of benzene rings is 1. The summed E-state index contributed by atoms with van der Waals surface area (Å²) in [7, 11) is 1.88. The van der Waals surface area contributed by atoms with Gasteiger partial charge in [0.15, 0.2) is 5.82 Å². The Balaban J connectivity index is 1.99. The second-order valence-electron chi connectivity index (χ2n) is 4.29. The zero-order chi connectivity index (χ0) is 14.1. The maximum atomic E-state index is 13.0. The minimum atomic E-state index is -0.378. The van der Waals surface area contributed by atoms with E-state index in [0.29, 0.717) is 22.0 Å². The minimum absolute atomic E-state index is 0.309. The Morgan fingerprint density at radius 2 is 1.85 bits per heavy atom. The standard InChI is InChI=1S/C14H10ClFN4/c1-20-7-6-17-14(20)13-5-4-12(18-19-13)10-3-2-9(16)8-11(10)15/h2-8H,1H3. The zero-order valence-corrected chi connectivity index (χ0v) is 11.3. The first kappa shape index (κ1) is 12.7. The number of aryl methyl sites for hydroxylation is 1. The van der Waals surface area contributed by atoms with Crippen LogP contribution in [0.4, 0.5) is 4.39 Å². The first-order chi connectivity index (χ1) is 9.65. The van der Waals surface area contributed by atoms with Gasteiger partial charge in [0.2, 0.25) is 0 Å². The van der Waals surface area contributed by atoms with Crippen LogP contribution < -0.4 is 0 Å². The number of nitrogens with zero attached hydrogens (tertiary/aromatic N) is 4. The Hall–Kier alpha value is -2.27. The molecule has 4 nitrogen and oxygen atoms in total. The summed E-state index contributed by atoms with van der Waals surface area (Å²) in [6.07, 6.45) is 3.53. The van der Waals surface area contributed by atoms with Crippen molar-refractivity contribution in [3.8, 4) is 22.8 Å². The lowest BCUT2D eigenvalue weighted by Gasteiger charge is -2.04. The van der Waals surface area contributed by atoms with Crippen molar-refractivity contribution in [2.75, 3.05) is 0 Å². The van der Waals surface area contributed by atoms with Crippen LogP contribution >= 0.6 is 11.6 Å². The number of hydrogen-bond donors (Lipinski definition) is 0. The van der Waals surface area contributed by atoms with Crippen LogP contribution in [0.25, 0.3) is 22.8 Å². The highest BCUT2D eigenvalue weighted by molar-refractivity contribution is 6.33. The fourth-order valence-electron chi connectivity index (χ4n) is 1.90. The second kappa shape index (κ2) is 5.02. The summed E-state index contributed by atoms with van der Waals surface area (Å²) >= 11 is 6.00. The van der Waals surface area contributed by atoms with Crippen LogP contribution in [-0.4, -0.2) is 19.7 Å². The van der Waals surface area contributed by atoms with Crippen molar-refractivity contribution in [1.29, 1.82) is 0 Å². The molecular weight excluding hydrogens is 279 g/mol. The van der Waals surface area contributed by atoms with Gasteiger partial charge in [-0.3, -0.25) is 0 Å². The Labute approximate surface area is 119 Å². The third kappa shape index (κ3) is 2.28. The van der Waals surface area contributed by atoms with E-state index in [1.807, 2.05) is 23.9 Å². The highest BCUT2D eigenvalue weighted by Crippen LogP contribution is 2.27. The monoisotopic (exact) mass is 288 g/mol. The lowest BCUT2D eigenvalue weighted by molar-refractivity contribution is 0.628. The molecule has 0 bridgehead atoms. The third-order valence-electron chi connectivity index (χ3n) is 2.92. The van der Waals surface area contributed by atoms with E-state index >= 15 is 0 Å². The summed E-state index contributed by atoms with van der Waals surface area (Å²) in [5.41, 5.74) is 1.90. The molecule has 20 heavy (non-hydrogen) atoms. The summed E-state index contributed by atoms with van der Waals surface area (Å²) in [4.78, 5) is 4.20. The molecule has 6 heteroatoms. The molecule has 0 spiro atoms. The summed E-state index contributed by atoms with van der Waals surface area (Å²) in [5, 5.41) is 8.57. The topological polar surface area (TPSA) is 43.6 Å². The smallest absolute Gasteiger partial charge is 0.160 e. The predicted octanol–water partition coefficient (Wildman–Crippen LogP) is 3.34. The average Bonchev–Trinajstić information content (AvgIpc) is 2.85. The van der Waals surface area contributed by atoms with Crippen molar-refractivity contribution in [3.63, 3.8) is 0 Å². The van der Waals surface area contributed by atoms with E-state index in [0.717, 1.165) is 5.82 Å². The third-order valence-corrected chi connectivity index (χ3v) is 3.23. The van der Waals surface area contributed by atoms with Crippen molar-refractivity contribution in [2.24, 2.45) is 7.05 Å². The molecule has 0 aliphatic carbocycles. The maximum absolute atomic E-state index is 13.0. The van der Waals surface area contributed by atoms with Crippen molar-refractivity contribution >= 4 is 11.6 Å². The highest BCUT2D eigenvalue weighted by Gasteiger charge is 2.09. The van der Waals surface area contributed by atoms with Gasteiger partial charge < -0.3 is 4.57 Å². The quantitative estimate of drug-likeness (QED) is 0.726. The molecule has 1 aromatic carbocycles. The van der Waals surface area contributed by atoms with Crippen LogP contribution in [0.5, 0.6) is 0 Å². The van der Waals surface area contributed by atoms with Gasteiger partial charge in [0, 0.05) is 25.0 Å². The molecule has 0 saturated carbocycles. The molecule has 0 fully saturated rings. The van der Waals surface area contributed by atoms with Gasteiger partial charge in [-0.15, -0.1) is 10.2 Å². The van der Waals surface area contributed by atoms with E-state index in [9.17, 15) is 4.39 Å². The van der Waals surface area contributed by atoms with E-state index in [1.165, 1.54) is 12.1 Å². The van der Waals surface area contributed by atoms with Gasteiger partial charge in [-0.2, -0.15) is 0 Å². The minimum Gasteiger partial charge on any atom is -0.333 e. The largest absolute Gasteiger partial charge is 0.333 e. The summed E-state index contributed by atoms with van der Waals surface area (Å²) in [6.45, 7) is 0. The Bertz CT molecular complexity index is 752. The molecule has 2 aromatic heterocycles. The van der Waals surface area contributed by atoms with E-state index < -0.39 is 0 Å². The number of imidazole rings is 1. The first-order valence-electron chi connectivity index (χ1n) is 5.92. The van der Waals surface area contributed by atoms with Crippen LogP contribution in [0.15, 0.2) is 42.7 Å². The van der Waals surface area contributed by atoms with Gasteiger partial charge in [-0.25, -0.2) is 9.37 Å². The molecule has 0 aliphatic heterocycles. The number of halogens is 2. The molecule has 100 valence electrons. The second-order valence-corrected chi connectivity index (χ2v) is 4.70. The number of rotatable bonds is 2. The van der Waals surface area contributed by atoms with Crippen LogP contribution in [0.3, 0.4) is 0 Å². The first-order valence-corrected chi connectivity index (χ1v) is 6.30. The van der Waals surface area contributed by atoms with E-state index in [1.54, 1.807) is 18.3 Å². The van der Waals surface area contributed by atoms with Gasteiger partial charge >= 0.3 is 0 Å². The van der Waals surface area contributed by atoms with Crippen LogP contribution in [0, 0.1) is 5.82 Å². The van der Waals surface area contributed by atoms with Gasteiger partial charge in [0.05, 0.1) is 10.7 Å². The van der Waals surface area contributed by atoms with Crippen molar-refractivity contribution in [3.05, 3.63) is 53.6 Å².